The smallest absolute Gasteiger partial charge is 0.315 e. The van der Waals surface area contributed by atoms with Crippen LogP contribution in [0, 0.1) is 11.3 Å². The quantitative estimate of drug-likeness (QED) is 0.740. The lowest BCUT2D eigenvalue weighted by Crippen LogP contribution is -2.47. The molecule has 1 aliphatic heterocycles. The largest absolute Gasteiger partial charge is 0.392 e. The molecule has 7 heteroatoms. The van der Waals surface area contributed by atoms with Crippen LogP contribution in [0.4, 0.5) is 4.79 Å². The van der Waals surface area contributed by atoms with Crippen LogP contribution in [0.25, 0.3) is 0 Å². The Labute approximate surface area is 144 Å². The van der Waals surface area contributed by atoms with Gasteiger partial charge in [0, 0.05) is 24.9 Å². The monoisotopic (exact) mass is 337 g/mol. The number of hydrogen-bond donors (Lipinski definition) is 3. The van der Waals surface area contributed by atoms with Gasteiger partial charge < -0.3 is 15.7 Å². The standard InChI is InChI=1S/C17H31N5O2/c1-6-13-20-15-12(8-7-9-22(15)21-13)19-16(24)18-10-17(4,5)14(23)11(2)3/h11-12,14,23H,6-10H2,1-5H3,(H2,18,19,24). The Hall–Kier alpha value is -1.63. The molecule has 1 aliphatic rings. The van der Waals surface area contributed by atoms with Crippen LogP contribution in [0.3, 0.4) is 0 Å². The van der Waals surface area contributed by atoms with Crippen molar-refractivity contribution in [3.63, 3.8) is 0 Å². The molecule has 0 radical (unpaired) electrons. The number of fused-ring (bicyclic) bond motifs is 1. The first kappa shape index (κ1) is 18.7. The molecule has 2 atom stereocenters. The lowest BCUT2D eigenvalue weighted by Gasteiger charge is -2.33. The number of aromatic nitrogens is 3. The molecule has 2 amide bonds. The second-order valence-electron chi connectivity index (χ2n) is 7.66. The fourth-order valence-corrected chi connectivity index (χ4v) is 3.21. The van der Waals surface area contributed by atoms with Crippen LogP contribution in [-0.4, -0.2) is 38.6 Å². The number of aliphatic hydroxyl groups excluding tert-OH is 1. The number of aliphatic hydroxyl groups is 1. The summed E-state index contributed by atoms with van der Waals surface area (Å²) < 4.78 is 1.90. The van der Waals surface area contributed by atoms with E-state index in [1.165, 1.54) is 0 Å². The number of aryl methyl sites for hydroxylation is 2. The number of rotatable bonds is 6. The Kier molecular flexibility index (Phi) is 5.85. The molecule has 1 aromatic heterocycles. The van der Waals surface area contributed by atoms with Crippen LogP contribution in [-0.2, 0) is 13.0 Å². The van der Waals surface area contributed by atoms with E-state index in [0.717, 1.165) is 37.5 Å². The van der Waals surface area contributed by atoms with Crippen molar-refractivity contribution in [3.05, 3.63) is 11.6 Å². The zero-order valence-corrected chi connectivity index (χ0v) is 15.5. The van der Waals surface area contributed by atoms with E-state index in [1.54, 1.807) is 0 Å². The van der Waals surface area contributed by atoms with Gasteiger partial charge in [0.1, 0.15) is 5.82 Å². The van der Waals surface area contributed by atoms with Gasteiger partial charge in [-0.05, 0) is 18.8 Å². The van der Waals surface area contributed by atoms with Crippen LogP contribution in [0.1, 0.15) is 65.2 Å². The van der Waals surface area contributed by atoms with Crippen molar-refractivity contribution >= 4 is 6.03 Å². The maximum Gasteiger partial charge on any atom is 0.315 e. The number of urea groups is 1. The highest BCUT2D eigenvalue weighted by atomic mass is 16.3. The van der Waals surface area contributed by atoms with Crippen molar-refractivity contribution in [2.24, 2.45) is 11.3 Å². The number of carbonyl (C=O) groups excluding carboxylic acids is 1. The minimum Gasteiger partial charge on any atom is -0.392 e. The summed E-state index contributed by atoms with van der Waals surface area (Å²) in [7, 11) is 0. The van der Waals surface area contributed by atoms with Crippen molar-refractivity contribution in [1.82, 2.24) is 25.4 Å². The summed E-state index contributed by atoms with van der Waals surface area (Å²) in [6.45, 7) is 11.2. The molecule has 0 aromatic carbocycles. The number of carbonyl (C=O) groups is 1. The fourth-order valence-electron chi connectivity index (χ4n) is 3.21. The molecule has 2 heterocycles. The topological polar surface area (TPSA) is 92.1 Å². The minimum atomic E-state index is -0.470. The lowest BCUT2D eigenvalue weighted by atomic mass is 9.81. The summed E-state index contributed by atoms with van der Waals surface area (Å²) in [5.41, 5.74) is -0.381. The summed E-state index contributed by atoms with van der Waals surface area (Å²) in [6.07, 6.45) is 2.16. The van der Waals surface area contributed by atoms with E-state index in [4.69, 9.17) is 0 Å². The second kappa shape index (κ2) is 7.51. The van der Waals surface area contributed by atoms with Gasteiger partial charge >= 0.3 is 6.03 Å². The van der Waals surface area contributed by atoms with Gasteiger partial charge in [-0.2, -0.15) is 5.10 Å². The van der Waals surface area contributed by atoms with Gasteiger partial charge in [0.2, 0.25) is 0 Å². The molecule has 7 nitrogen and oxygen atoms in total. The van der Waals surface area contributed by atoms with Gasteiger partial charge in [0.05, 0.1) is 12.1 Å². The van der Waals surface area contributed by atoms with Crippen LogP contribution in [0.15, 0.2) is 0 Å². The fraction of sp³-hybridized carbons (Fsp3) is 0.824. The first-order chi connectivity index (χ1) is 11.2. The van der Waals surface area contributed by atoms with E-state index in [9.17, 15) is 9.90 Å². The first-order valence-electron chi connectivity index (χ1n) is 8.90. The third-order valence-corrected chi connectivity index (χ3v) is 4.68. The second-order valence-corrected chi connectivity index (χ2v) is 7.66. The van der Waals surface area contributed by atoms with E-state index in [-0.39, 0.29) is 23.4 Å². The van der Waals surface area contributed by atoms with Gasteiger partial charge in [-0.3, -0.25) is 0 Å². The summed E-state index contributed by atoms with van der Waals surface area (Å²) in [4.78, 5) is 16.8. The van der Waals surface area contributed by atoms with Crippen LogP contribution >= 0.6 is 0 Å². The molecule has 0 bridgehead atoms. The van der Waals surface area contributed by atoms with E-state index >= 15 is 0 Å². The molecule has 2 rings (SSSR count). The molecule has 0 saturated carbocycles. The summed E-state index contributed by atoms with van der Waals surface area (Å²) >= 11 is 0. The minimum absolute atomic E-state index is 0.107. The van der Waals surface area contributed by atoms with Crippen molar-refractivity contribution < 1.29 is 9.90 Å². The van der Waals surface area contributed by atoms with Crippen molar-refractivity contribution in [3.8, 4) is 0 Å². The van der Waals surface area contributed by atoms with Gasteiger partial charge in [0.15, 0.2) is 5.82 Å². The highest BCUT2D eigenvalue weighted by molar-refractivity contribution is 5.74. The highest BCUT2D eigenvalue weighted by Crippen LogP contribution is 2.26. The van der Waals surface area contributed by atoms with Crippen LogP contribution in [0.2, 0.25) is 0 Å². The Balaban J connectivity index is 1.93. The van der Waals surface area contributed by atoms with Gasteiger partial charge in [0.25, 0.3) is 0 Å². The van der Waals surface area contributed by atoms with Crippen molar-refractivity contribution in [1.29, 1.82) is 0 Å². The molecule has 136 valence electrons. The maximum atomic E-state index is 12.3. The van der Waals surface area contributed by atoms with E-state index in [1.807, 2.05) is 39.3 Å². The van der Waals surface area contributed by atoms with Gasteiger partial charge in [-0.15, -0.1) is 0 Å². The molecule has 0 aliphatic carbocycles. The number of nitrogens with zero attached hydrogens (tertiary/aromatic N) is 3. The maximum absolute atomic E-state index is 12.3. The number of hydrogen-bond acceptors (Lipinski definition) is 4. The molecule has 3 N–H and O–H groups in total. The van der Waals surface area contributed by atoms with Crippen molar-refractivity contribution in [2.45, 2.75) is 72.6 Å². The third-order valence-electron chi connectivity index (χ3n) is 4.68. The predicted octanol–water partition coefficient (Wildman–Crippen LogP) is 2.02. The zero-order chi connectivity index (χ0) is 17.9. The third kappa shape index (κ3) is 4.26. The lowest BCUT2D eigenvalue weighted by molar-refractivity contribution is 0.0151. The zero-order valence-electron chi connectivity index (χ0n) is 15.5. The average Bonchev–Trinajstić information content (AvgIpc) is 2.96. The molecule has 0 saturated heterocycles. The van der Waals surface area contributed by atoms with E-state index in [2.05, 4.69) is 20.7 Å². The molecule has 24 heavy (non-hydrogen) atoms. The Morgan fingerprint density at radius 1 is 1.46 bits per heavy atom. The van der Waals surface area contributed by atoms with Crippen LogP contribution in [0.5, 0.6) is 0 Å². The Morgan fingerprint density at radius 3 is 2.79 bits per heavy atom. The van der Waals surface area contributed by atoms with Gasteiger partial charge in [-0.25, -0.2) is 14.5 Å². The number of amides is 2. The van der Waals surface area contributed by atoms with E-state index in [0.29, 0.717) is 6.54 Å². The van der Waals surface area contributed by atoms with Gasteiger partial charge in [-0.1, -0.05) is 34.6 Å². The Morgan fingerprint density at radius 2 is 2.17 bits per heavy atom. The predicted molar refractivity (Wildman–Crippen MR) is 92.5 cm³/mol. The first-order valence-corrected chi connectivity index (χ1v) is 8.90. The van der Waals surface area contributed by atoms with Crippen LogP contribution < -0.4 is 10.6 Å². The molecular weight excluding hydrogens is 306 g/mol. The summed E-state index contributed by atoms with van der Waals surface area (Å²) in [5.74, 6) is 1.81. The number of nitrogens with one attached hydrogen (secondary N) is 2. The van der Waals surface area contributed by atoms with E-state index < -0.39 is 6.10 Å². The molecular formula is C17H31N5O2. The normalized spacial score (nSPS) is 19.0. The SMILES string of the molecule is CCc1nc2n(n1)CCCC2NC(=O)NCC(C)(C)C(O)C(C)C. The molecule has 1 aromatic rings. The van der Waals surface area contributed by atoms with Crippen molar-refractivity contribution in [2.75, 3.05) is 6.54 Å². The molecule has 0 spiro atoms. The highest BCUT2D eigenvalue weighted by Gasteiger charge is 2.31. The summed E-state index contributed by atoms with van der Waals surface area (Å²) in [6, 6.07) is -0.330. The molecule has 2 unspecified atom stereocenters. The summed E-state index contributed by atoms with van der Waals surface area (Å²) in [5, 5.41) is 20.6. The Bertz CT molecular complexity index is 567. The molecule has 0 fully saturated rings. The average molecular weight is 337 g/mol.